The molecule has 0 bridgehead atoms. The molecule has 0 spiro atoms. The quantitative estimate of drug-likeness (QED) is 0.795. The van der Waals surface area contributed by atoms with Crippen molar-refractivity contribution in [2.75, 3.05) is 0 Å². The van der Waals surface area contributed by atoms with Crippen molar-refractivity contribution < 1.29 is 13.5 Å². The van der Waals surface area contributed by atoms with Crippen molar-refractivity contribution in [1.82, 2.24) is 5.32 Å². The molecule has 0 amide bonds. The minimum Gasteiger partial charge on any atom is -0.435 e. The van der Waals surface area contributed by atoms with Gasteiger partial charge in [-0.3, -0.25) is 0 Å². The van der Waals surface area contributed by atoms with Gasteiger partial charge in [-0.15, -0.1) is 0 Å². The standard InChI is InChI=1S/C15H23F2NO/c1-5-10(2)11(3)18-12(4)13-6-8-14(9-7-13)19-15(16)17/h6-12,15,18H,5H2,1-4H3. The van der Waals surface area contributed by atoms with Crippen molar-refractivity contribution in [2.45, 2.75) is 52.8 Å². The molecule has 0 heterocycles. The lowest BCUT2D eigenvalue weighted by molar-refractivity contribution is -0.0498. The summed E-state index contributed by atoms with van der Waals surface area (Å²) in [6.07, 6.45) is 1.13. The third-order valence-electron chi connectivity index (χ3n) is 3.62. The summed E-state index contributed by atoms with van der Waals surface area (Å²) in [7, 11) is 0. The third-order valence-corrected chi connectivity index (χ3v) is 3.62. The molecular formula is C15H23F2NO. The summed E-state index contributed by atoms with van der Waals surface area (Å²) in [4.78, 5) is 0. The summed E-state index contributed by atoms with van der Waals surface area (Å²) in [6, 6.07) is 7.39. The molecule has 0 saturated heterocycles. The number of benzene rings is 1. The van der Waals surface area contributed by atoms with Gasteiger partial charge < -0.3 is 10.1 Å². The molecule has 4 heteroatoms. The fraction of sp³-hybridized carbons (Fsp3) is 0.600. The van der Waals surface area contributed by atoms with Crippen LogP contribution in [0.2, 0.25) is 0 Å². The van der Waals surface area contributed by atoms with Gasteiger partial charge in [-0.05, 0) is 37.5 Å². The first-order valence-corrected chi connectivity index (χ1v) is 6.74. The lowest BCUT2D eigenvalue weighted by Crippen LogP contribution is -2.33. The highest BCUT2D eigenvalue weighted by molar-refractivity contribution is 5.29. The Labute approximate surface area is 114 Å². The van der Waals surface area contributed by atoms with Crippen molar-refractivity contribution in [2.24, 2.45) is 5.92 Å². The van der Waals surface area contributed by atoms with E-state index in [0.717, 1.165) is 12.0 Å². The molecule has 1 aromatic rings. The molecule has 0 saturated carbocycles. The van der Waals surface area contributed by atoms with Crippen LogP contribution in [0, 0.1) is 5.92 Å². The van der Waals surface area contributed by atoms with Crippen molar-refractivity contribution in [3.05, 3.63) is 29.8 Å². The zero-order valence-corrected chi connectivity index (χ0v) is 12.0. The van der Waals surface area contributed by atoms with E-state index in [4.69, 9.17) is 0 Å². The van der Waals surface area contributed by atoms with E-state index in [-0.39, 0.29) is 11.8 Å². The summed E-state index contributed by atoms with van der Waals surface area (Å²) in [5.41, 5.74) is 1.07. The molecule has 1 aromatic carbocycles. The van der Waals surface area contributed by atoms with E-state index in [1.54, 1.807) is 12.1 Å². The molecule has 1 rings (SSSR count). The Balaban J connectivity index is 2.60. The Morgan fingerprint density at radius 3 is 2.16 bits per heavy atom. The van der Waals surface area contributed by atoms with Crippen LogP contribution in [-0.2, 0) is 0 Å². The van der Waals surface area contributed by atoms with E-state index in [1.165, 1.54) is 0 Å². The number of rotatable bonds is 7. The largest absolute Gasteiger partial charge is 0.435 e. The smallest absolute Gasteiger partial charge is 0.387 e. The maximum absolute atomic E-state index is 12.0. The predicted octanol–water partition coefficient (Wildman–Crippen LogP) is 4.37. The number of ether oxygens (including phenoxy) is 1. The van der Waals surface area contributed by atoms with Gasteiger partial charge in [-0.2, -0.15) is 8.78 Å². The third kappa shape index (κ3) is 5.15. The number of alkyl halides is 2. The summed E-state index contributed by atoms with van der Waals surface area (Å²) >= 11 is 0. The first kappa shape index (κ1) is 15.9. The molecule has 0 aliphatic heterocycles. The molecule has 0 fully saturated rings. The van der Waals surface area contributed by atoms with E-state index in [2.05, 4.69) is 37.7 Å². The second-order valence-corrected chi connectivity index (χ2v) is 5.01. The fourth-order valence-corrected chi connectivity index (χ4v) is 1.95. The average Bonchev–Trinajstić information content (AvgIpc) is 2.37. The van der Waals surface area contributed by atoms with Crippen molar-refractivity contribution in [3.8, 4) is 5.75 Å². The molecule has 19 heavy (non-hydrogen) atoms. The summed E-state index contributed by atoms with van der Waals surface area (Å²) in [5, 5.41) is 3.52. The minimum atomic E-state index is -2.77. The first-order chi connectivity index (χ1) is 8.93. The van der Waals surface area contributed by atoms with E-state index >= 15 is 0 Å². The van der Waals surface area contributed by atoms with Crippen molar-refractivity contribution in [1.29, 1.82) is 0 Å². The average molecular weight is 271 g/mol. The lowest BCUT2D eigenvalue weighted by Gasteiger charge is -2.25. The molecule has 0 aromatic heterocycles. The van der Waals surface area contributed by atoms with Crippen molar-refractivity contribution >= 4 is 0 Å². The molecule has 2 nitrogen and oxygen atoms in total. The Morgan fingerprint density at radius 1 is 1.11 bits per heavy atom. The van der Waals surface area contributed by atoms with Gasteiger partial charge in [-0.25, -0.2) is 0 Å². The topological polar surface area (TPSA) is 21.3 Å². The van der Waals surface area contributed by atoms with Crippen LogP contribution in [0.15, 0.2) is 24.3 Å². The van der Waals surface area contributed by atoms with Gasteiger partial charge in [-0.1, -0.05) is 32.4 Å². The number of hydrogen-bond donors (Lipinski definition) is 1. The zero-order chi connectivity index (χ0) is 14.4. The van der Waals surface area contributed by atoms with E-state index < -0.39 is 6.61 Å². The molecule has 3 atom stereocenters. The highest BCUT2D eigenvalue weighted by atomic mass is 19.3. The summed E-state index contributed by atoms with van der Waals surface area (Å²) in [6.45, 7) is 5.85. The van der Waals surface area contributed by atoms with E-state index in [9.17, 15) is 8.78 Å². The summed E-state index contributed by atoms with van der Waals surface area (Å²) in [5.74, 6) is 0.796. The highest BCUT2D eigenvalue weighted by Gasteiger charge is 2.14. The second kappa shape index (κ2) is 7.43. The van der Waals surface area contributed by atoms with E-state index in [1.807, 2.05) is 12.1 Å². The van der Waals surface area contributed by atoms with Crippen LogP contribution in [0.25, 0.3) is 0 Å². The highest BCUT2D eigenvalue weighted by Crippen LogP contribution is 2.20. The molecule has 0 radical (unpaired) electrons. The van der Waals surface area contributed by atoms with Crippen LogP contribution in [0.1, 0.15) is 45.7 Å². The zero-order valence-electron chi connectivity index (χ0n) is 12.0. The first-order valence-electron chi connectivity index (χ1n) is 6.74. The molecule has 0 aliphatic carbocycles. The van der Waals surface area contributed by atoms with Gasteiger partial charge in [0.15, 0.2) is 0 Å². The maximum Gasteiger partial charge on any atom is 0.387 e. The van der Waals surface area contributed by atoms with Gasteiger partial charge in [0.2, 0.25) is 0 Å². The van der Waals surface area contributed by atoms with Crippen LogP contribution in [0.3, 0.4) is 0 Å². The van der Waals surface area contributed by atoms with Gasteiger partial charge in [0.25, 0.3) is 0 Å². The fourth-order valence-electron chi connectivity index (χ4n) is 1.95. The van der Waals surface area contributed by atoms with Crippen LogP contribution >= 0.6 is 0 Å². The molecular weight excluding hydrogens is 248 g/mol. The second-order valence-electron chi connectivity index (χ2n) is 5.01. The Hall–Kier alpha value is -1.16. The Bertz CT molecular complexity index is 367. The van der Waals surface area contributed by atoms with Crippen molar-refractivity contribution in [3.63, 3.8) is 0 Å². The van der Waals surface area contributed by atoms with Gasteiger partial charge >= 0.3 is 6.61 Å². The van der Waals surface area contributed by atoms with E-state index in [0.29, 0.717) is 12.0 Å². The number of halogens is 2. The predicted molar refractivity (Wildman–Crippen MR) is 73.5 cm³/mol. The van der Waals surface area contributed by atoms with Gasteiger partial charge in [0.1, 0.15) is 5.75 Å². The van der Waals surface area contributed by atoms with Crippen LogP contribution in [0.4, 0.5) is 8.78 Å². The van der Waals surface area contributed by atoms with Crippen LogP contribution in [-0.4, -0.2) is 12.7 Å². The maximum atomic E-state index is 12.0. The molecule has 0 aliphatic rings. The Kier molecular flexibility index (Phi) is 6.22. The SMILES string of the molecule is CCC(C)C(C)NC(C)c1ccc(OC(F)F)cc1. The van der Waals surface area contributed by atoms with Crippen LogP contribution in [0.5, 0.6) is 5.75 Å². The minimum absolute atomic E-state index is 0.185. The summed E-state index contributed by atoms with van der Waals surface area (Å²) < 4.78 is 28.4. The lowest BCUT2D eigenvalue weighted by atomic mass is 9.99. The van der Waals surface area contributed by atoms with Gasteiger partial charge in [0.05, 0.1) is 0 Å². The van der Waals surface area contributed by atoms with Gasteiger partial charge in [0, 0.05) is 12.1 Å². The normalized spacial score (nSPS) is 16.2. The van der Waals surface area contributed by atoms with Crippen LogP contribution < -0.4 is 10.1 Å². The molecule has 1 N–H and O–H groups in total. The number of hydrogen-bond acceptors (Lipinski definition) is 2. The monoisotopic (exact) mass is 271 g/mol. The molecule has 108 valence electrons. The number of nitrogens with one attached hydrogen (secondary N) is 1. The Morgan fingerprint density at radius 2 is 1.68 bits per heavy atom. The molecule has 3 unspecified atom stereocenters.